The number of halogens is 1. The van der Waals surface area contributed by atoms with E-state index in [0.717, 1.165) is 0 Å². The first-order valence-corrected chi connectivity index (χ1v) is 8.04. The van der Waals surface area contributed by atoms with E-state index in [2.05, 4.69) is 11.2 Å². The third kappa shape index (κ3) is 5.56. The molecule has 0 fully saturated rings. The van der Waals surface area contributed by atoms with Crippen molar-refractivity contribution >= 4 is 16.1 Å². The van der Waals surface area contributed by atoms with E-state index in [-0.39, 0.29) is 18.4 Å². The van der Waals surface area contributed by atoms with Crippen LogP contribution < -0.4 is 5.32 Å². The molecule has 1 aromatic carbocycles. The lowest BCUT2D eigenvalue weighted by Crippen LogP contribution is -2.23. The molecule has 1 N–H and O–H groups in total. The van der Waals surface area contributed by atoms with Crippen molar-refractivity contribution < 1.29 is 17.1 Å². The van der Waals surface area contributed by atoms with Crippen LogP contribution >= 0.6 is 0 Å². The molecule has 0 saturated heterocycles. The molecule has 0 radical (unpaired) electrons. The first-order chi connectivity index (χ1) is 9.74. The van der Waals surface area contributed by atoms with Crippen LogP contribution in [0.3, 0.4) is 0 Å². The maximum absolute atomic E-state index is 12.9. The second kappa shape index (κ2) is 7.23. The van der Waals surface area contributed by atoms with Crippen molar-refractivity contribution in [3.8, 4) is 12.3 Å². The topological polar surface area (TPSA) is 63.2 Å². The number of benzene rings is 1. The molecule has 6 heteroatoms. The van der Waals surface area contributed by atoms with Crippen LogP contribution in [0.2, 0.25) is 0 Å². The van der Waals surface area contributed by atoms with Crippen LogP contribution in [0.25, 0.3) is 0 Å². The maximum atomic E-state index is 12.9. The number of hydrogen-bond donors (Lipinski definition) is 1. The molecule has 1 atom stereocenters. The molecule has 0 aromatic heterocycles. The van der Waals surface area contributed by atoms with Gasteiger partial charge in [0.2, 0.25) is 0 Å². The SMILES string of the molecule is C#CCNC(=O)c1ccc(C(CS(=O)(=O)F)C(C)C)cc1. The van der Waals surface area contributed by atoms with Crippen LogP contribution in [-0.2, 0) is 10.2 Å². The van der Waals surface area contributed by atoms with Gasteiger partial charge in [-0.15, -0.1) is 10.3 Å². The molecule has 1 aromatic rings. The van der Waals surface area contributed by atoms with E-state index >= 15 is 0 Å². The predicted molar refractivity (Wildman–Crippen MR) is 80.1 cm³/mol. The van der Waals surface area contributed by atoms with Crippen LogP contribution in [-0.4, -0.2) is 26.6 Å². The molecule has 0 aliphatic heterocycles. The summed E-state index contributed by atoms with van der Waals surface area (Å²) in [7, 11) is -4.56. The highest BCUT2D eigenvalue weighted by Gasteiger charge is 2.23. The highest BCUT2D eigenvalue weighted by molar-refractivity contribution is 7.86. The number of amides is 1. The Morgan fingerprint density at radius 1 is 1.33 bits per heavy atom. The Morgan fingerprint density at radius 3 is 2.33 bits per heavy atom. The second-order valence-corrected chi connectivity index (χ2v) is 6.48. The Morgan fingerprint density at radius 2 is 1.90 bits per heavy atom. The van der Waals surface area contributed by atoms with Gasteiger partial charge in [0.05, 0.1) is 12.3 Å². The molecule has 114 valence electrons. The van der Waals surface area contributed by atoms with E-state index in [1.54, 1.807) is 24.3 Å². The van der Waals surface area contributed by atoms with Gasteiger partial charge in [-0.25, -0.2) is 0 Å². The van der Waals surface area contributed by atoms with E-state index in [1.807, 2.05) is 13.8 Å². The van der Waals surface area contributed by atoms with E-state index in [0.29, 0.717) is 11.1 Å². The third-order valence-corrected chi connectivity index (χ3v) is 3.89. The molecule has 4 nitrogen and oxygen atoms in total. The van der Waals surface area contributed by atoms with Gasteiger partial charge in [0.25, 0.3) is 5.91 Å². The third-order valence-electron chi connectivity index (χ3n) is 3.14. The lowest BCUT2D eigenvalue weighted by molar-refractivity contribution is 0.0958. The monoisotopic (exact) mass is 311 g/mol. The van der Waals surface area contributed by atoms with Gasteiger partial charge >= 0.3 is 10.2 Å². The molecular formula is C15H18FNO3S. The highest BCUT2D eigenvalue weighted by atomic mass is 32.3. The Kier molecular flexibility index (Phi) is 5.91. The van der Waals surface area contributed by atoms with Gasteiger partial charge < -0.3 is 5.32 Å². The number of hydrogen-bond acceptors (Lipinski definition) is 3. The first-order valence-electron chi connectivity index (χ1n) is 6.48. The minimum atomic E-state index is -4.56. The zero-order valence-corrected chi connectivity index (χ0v) is 12.8. The number of carbonyl (C=O) groups is 1. The van der Waals surface area contributed by atoms with Crippen LogP contribution in [0.4, 0.5) is 3.89 Å². The van der Waals surface area contributed by atoms with Crippen LogP contribution in [0.1, 0.15) is 35.7 Å². The summed E-state index contributed by atoms with van der Waals surface area (Å²) in [5.74, 6) is 0.929. The second-order valence-electron chi connectivity index (χ2n) is 5.06. The standard InChI is InChI=1S/C15H18FNO3S/c1-4-9-17-15(18)13-7-5-12(6-8-13)14(11(2)3)10-21(16,19)20/h1,5-8,11,14H,9-10H2,2-3H3,(H,17,18). The van der Waals surface area contributed by atoms with Gasteiger partial charge in [0.15, 0.2) is 0 Å². The van der Waals surface area contributed by atoms with Gasteiger partial charge in [-0.1, -0.05) is 31.9 Å². The summed E-state index contributed by atoms with van der Waals surface area (Å²) >= 11 is 0. The summed E-state index contributed by atoms with van der Waals surface area (Å²) in [6.07, 6.45) is 5.05. The Balaban J connectivity index is 2.93. The molecule has 1 amide bonds. The lowest BCUT2D eigenvalue weighted by Gasteiger charge is -2.19. The fourth-order valence-corrected chi connectivity index (χ4v) is 3.01. The van der Waals surface area contributed by atoms with Gasteiger partial charge in [0, 0.05) is 11.5 Å². The van der Waals surface area contributed by atoms with Gasteiger partial charge in [-0.2, -0.15) is 8.42 Å². The Labute approximate surface area is 125 Å². The number of rotatable bonds is 6. The molecular weight excluding hydrogens is 293 g/mol. The summed E-state index contributed by atoms with van der Waals surface area (Å²) in [5, 5.41) is 2.53. The quantitative estimate of drug-likeness (QED) is 0.646. The van der Waals surface area contributed by atoms with Crippen LogP contribution in [0, 0.1) is 18.3 Å². The van der Waals surface area contributed by atoms with Crippen molar-refractivity contribution in [2.75, 3.05) is 12.3 Å². The molecule has 0 heterocycles. The zero-order chi connectivity index (χ0) is 16.0. The highest BCUT2D eigenvalue weighted by Crippen LogP contribution is 2.27. The zero-order valence-electron chi connectivity index (χ0n) is 12.0. The molecule has 0 bridgehead atoms. The number of carbonyl (C=O) groups excluding carboxylic acids is 1. The minimum absolute atomic E-state index is 0.0448. The fourth-order valence-electron chi connectivity index (χ4n) is 2.00. The van der Waals surface area contributed by atoms with E-state index < -0.39 is 21.9 Å². The summed E-state index contributed by atoms with van der Waals surface area (Å²) in [6, 6.07) is 6.42. The van der Waals surface area contributed by atoms with Crippen molar-refractivity contribution in [3.05, 3.63) is 35.4 Å². The normalized spacial score (nSPS) is 12.7. The summed E-state index contributed by atoms with van der Waals surface area (Å²) in [5.41, 5.74) is 1.10. The van der Waals surface area contributed by atoms with Gasteiger partial charge in [-0.05, 0) is 23.6 Å². The molecule has 0 aliphatic rings. The molecule has 21 heavy (non-hydrogen) atoms. The van der Waals surface area contributed by atoms with Crippen molar-refractivity contribution in [1.29, 1.82) is 0 Å². The van der Waals surface area contributed by atoms with Crippen LogP contribution in [0.5, 0.6) is 0 Å². The summed E-state index contributed by atoms with van der Waals surface area (Å²) < 4.78 is 34.6. The Bertz CT molecular complexity index is 630. The minimum Gasteiger partial charge on any atom is -0.341 e. The predicted octanol–water partition coefficient (Wildman–Crippen LogP) is 2.09. The lowest BCUT2D eigenvalue weighted by atomic mass is 9.89. The number of nitrogens with one attached hydrogen (secondary N) is 1. The van der Waals surface area contributed by atoms with Crippen molar-refractivity contribution in [2.45, 2.75) is 19.8 Å². The molecule has 0 aliphatic carbocycles. The Hall–Kier alpha value is -1.87. The van der Waals surface area contributed by atoms with Gasteiger partial charge in [0.1, 0.15) is 0 Å². The summed E-state index contributed by atoms with van der Waals surface area (Å²) in [4.78, 5) is 11.7. The van der Waals surface area contributed by atoms with Crippen LogP contribution in [0.15, 0.2) is 24.3 Å². The van der Waals surface area contributed by atoms with Gasteiger partial charge in [-0.3, -0.25) is 4.79 Å². The molecule has 0 saturated carbocycles. The maximum Gasteiger partial charge on any atom is 0.303 e. The van der Waals surface area contributed by atoms with E-state index in [1.165, 1.54) is 0 Å². The summed E-state index contributed by atoms with van der Waals surface area (Å²) in [6.45, 7) is 3.78. The van der Waals surface area contributed by atoms with Crippen molar-refractivity contribution in [3.63, 3.8) is 0 Å². The average Bonchev–Trinajstić information content (AvgIpc) is 2.41. The largest absolute Gasteiger partial charge is 0.341 e. The van der Waals surface area contributed by atoms with E-state index in [4.69, 9.17) is 6.42 Å². The molecule has 1 unspecified atom stereocenters. The first kappa shape index (κ1) is 17.2. The van der Waals surface area contributed by atoms with Crippen molar-refractivity contribution in [1.82, 2.24) is 5.32 Å². The smallest absolute Gasteiger partial charge is 0.303 e. The average molecular weight is 311 g/mol. The fraction of sp³-hybridized carbons (Fsp3) is 0.400. The van der Waals surface area contributed by atoms with E-state index in [9.17, 15) is 17.1 Å². The molecule has 1 rings (SSSR count). The van der Waals surface area contributed by atoms with Crippen molar-refractivity contribution in [2.24, 2.45) is 5.92 Å². The number of terminal acetylenes is 1. The molecule has 0 spiro atoms.